The van der Waals surface area contributed by atoms with Crippen LogP contribution in [0.15, 0.2) is 24.3 Å². The molecule has 1 aromatic rings. The molecule has 3 nitrogen and oxygen atoms in total. The van der Waals surface area contributed by atoms with E-state index in [1.165, 1.54) is 31.2 Å². The van der Waals surface area contributed by atoms with Gasteiger partial charge in [-0.25, -0.2) is 4.39 Å². The second kappa shape index (κ2) is 6.23. The monoisotopic (exact) mass is 226 g/mol. The Hall–Kier alpha value is -1.42. The van der Waals surface area contributed by atoms with Gasteiger partial charge in [0.2, 0.25) is 0 Å². The van der Waals surface area contributed by atoms with E-state index in [-0.39, 0.29) is 18.2 Å². The lowest BCUT2D eigenvalue weighted by molar-refractivity contribution is -0.117. The van der Waals surface area contributed by atoms with Crippen molar-refractivity contribution < 1.29 is 19.0 Å². The second-order valence-electron chi connectivity index (χ2n) is 3.66. The number of hydrogen-bond donors (Lipinski definition) is 1. The first kappa shape index (κ1) is 12.6. The van der Waals surface area contributed by atoms with E-state index < -0.39 is 6.10 Å². The lowest BCUT2D eigenvalue weighted by atomic mass is 10.1. The van der Waals surface area contributed by atoms with E-state index in [4.69, 9.17) is 4.74 Å². The number of rotatable bonds is 6. The number of aliphatic hydroxyl groups excluding tert-OH is 1. The van der Waals surface area contributed by atoms with Crippen LogP contribution in [0.1, 0.15) is 19.8 Å². The largest absolute Gasteiger partial charge is 0.491 e. The quantitative estimate of drug-likeness (QED) is 0.806. The smallest absolute Gasteiger partial charge is 0.129 e. The molecule has 0 bridgehead atoms. The first-order valence-corrected chi connectivity index (χ1v) is 5.14. The highest BCUT2D eigenvalue weighted by atomic mass is 19.1. The van der Waals surface area contributed by atoms with E-state index in [1.54, 1.807) is 0 Å². The molecule has 0 radical (unpaired) electrons. The van der Waals surface area contributed by atoms with E-state index in [2.05, 4.69) is 0 Å². The highest BCUT2D eigenvalue weighted by Gasteiger charge is 2.06. The van der Waals surface area contributed by atoms with E-state index in [1.807, 2.05) is 0 Å². The van der Waals surface area contributed by atoms with Crippen LogP contribution in [0.3, 0.4) is 0 Å². The molecule has 16 heavy (non-hydrogen) atoms. The summed E-state index contributed by atoms with van der Waals surface area (Å²) in [5, 5.41) is 9.46. The summed E-state index contributed by atoms with van der Waals surface area (Å²) >= 11 is 0. The molecular formula is C12H15FO3. The number of carbonyl (C=O) groups excluding carboxylic acids is 1. The summed E-state index contributed by atoms with van der Waals surface area (Å²) in [5.74, 6) is 0.216. The van der Waals surface area contributed by atoms with E-state index in [9.17, 15) is 14.3 Å². The van der Waals surface area contributed by atoms with Crippen molar-refractivity contribution in [2.24, 2.45) is 0 Å². The summed E-state index contributed by atoms with van der Waals surface area (Å²) in [7, 11) is 0. The van der Waals surface area contributed by atoms with Crippen molar-refractivity contribution in [1.29, 1.82) is 0 Å². The molecule has 0 amide bonds. The number of hydrogen-bond acceptors (Lipinski definition) is 3. The summed E-state index contributed by atoms with van der Waals surface area (Å²) in [5.41, 5.74) is 0. The molecule has 0 aliphatic rings. The molecule has 88 valence electrons. The molecule has 0 aromatic heterocycles. The maximum Gasteiger partial charge on any atom is 0.129 e. The summed E-state index contributed by atoms with van der Waals surface area (Å²) in [6.07, 6.45) is 0.0544. The third kappa shape index (κ3) is 4.89. The molecule has 0 aliphatic carbocycles. The zero-order valence-corrected chi connectivity index (χ0v) is 9.15. The molecule has 1 atom stereocenters. The minimum atomic E-state index is -0.672. The van der Waals surface area contributed by atoms with E-state index in [0.717, 1.165) is 0 Å². The van der Waals surface area contributed by atoms with Gasteiger partial charge < -0.3 is 14.6 Å². The fourth-order valence-electron chi connectivity index (χ4n) is 1.18. The van der Waals surface area contributed by atoms with Crippen LogP contribution in [-0.4, -0.2) is 23.6 Å². The minimum Gasteiger partial charge on any atom is -0.491 e. The van der Waals surface area contributed by atoms with Crippen LogP contribution in [-0.2, 0) is 4.79 Å². The van der Waals surface area contributed by atoms with Crippen molar-refractivity contribution in [2.75, 3.05) is 6.61 Å². The second-order valence-corrected chi connectivity index (χ2v) is 3.66. The Bertz CT molecular complexity index is 335. The summed E-state index contributed by atoms with van der Waals surface area (Å²) in [6, 6.07) is 5.56. The lowest BCUT2D eigenvalue weighted by Crippen LogP contribution is -2.18. The Morgan fingerprint density at radius 3 is 2.62 bits per heavy atom. The molecule has 0 fully saturated rings. The summed E-state index contributed by atoms with van der Waals surface area (Å²) < 4.78 is 17.8. The van der Waals surface area contributed by atoms with Crippen molar-refractivity contribution in [3.8, 4) is 5.75 Å². The van der Waals surface area contributed by atoms with Gasteiger partial charge in [0.25, 0.3) is 0 Å². The van der Waals surface area contributed by atoms with Crippen molar-refractivity contribution in [3.05, 3.63) is 30.1 Å². The van der Waals surface area contributed by atoms with Crippen molar-refractivity contribution in [3.63, 3.8) is 0 Å². The normalized spacial score (nSPS) is 12.2. The Kier molecular flexibility index (Phi) is 4.92. The van der Waals surface area contributed by atoms with Gasteiger partial charge in [0.1, 0.15) is 24.0 Å². The predicted octanol–water partition coefficient (Wildman–Crippen LogP) is 1.93. The molecule has 0 saturated heterocycles. The van der Waals surface area contributed by atoms with Crippen LogP contribution in [0.5, 0.6) is 5.75 Å². The van der Waals surface area contributed by atoms with Gasteiger partial charge in [-0.05, 0) is 37.6 Å². The lowest BCUT2D eigenvalue weighted by Gasteiger charge is -2.11. The first-order chi connectivity index (χ1) is 7.58. The number of carbonyl (C=O) groups is 1. The molecule has 1 aromatic carbocycles. The molecule has 1 rings (SSSR count). The third-order valence-corrected chi connectivity index (χ3v) is 2.09. The number of ketones is 1. The highest BCUT2D eigenvalue weighted by Crippen LogP contribution is 2.11. The topological polar surface area (TPSA) is 46.5 Å². The molecule has 0 spiro atoms. The maximum absolute atomic E-state index is 12.6. The highest BCUT2D eigenvalue weighted by molar-refractivity contribution is 5.75. The minimum absolute atomic E-state index is 0.0424. The Labute approximate surface area is 93.9 Å². The number of ether oxygens (including phenoxy) is 1. The number of halogens is 1. The molecule has 0 unspecified atom stereocenters. The van der Waals surface area contributed by atoms with Crippen LogP contribution >= 0.6 is 0 Å². The van der Waals surface area contributed by atoms with Crippen molar-refractivity contribution in [1.82, 2.24) is 0 Å². The third-order valence-electron chi connectivity index (χ3n) is 2.09. The molecule has 4 heteroatoms. The molecule has 0 aliphatic heterocycles. The standard InChI is InChI=1S/C12H15FO3/c1-9(14)2-5-11(15)8-16-12-6-3-10(13)4-7-12/h3-4,6-7,11,15H,2,5,8H2,1H3/t11-/m0/s1. The predicted molar refractivity (Wildman–Crippen MR) is 57.8 cm³/mol. The van der Waals surface area contributed by atoms with E-state index >= 15 is 0 Å². The van der Waals surface area contributed by atoms with Gasteiger partial charge in [-0.2, -0.15) is 0 Å². The van der Waals surface area contributed by atoms with Gasteiger partial charge in [0.05, 0.1) is 6.10 Å². The van der Waals surface area contributed by atoms with Crippen LogP contribution in [0.4, 0.5) is 4.39 Å². The SMILES string of the molecule is CC(=O)CC[C@H](O)COc1ccc(F)cc1. The molecule has 1 N–H and O–H groups in total. The van der Waals surface area contributed by atoms with Crippen LogP contribution in [0.2, 0.25) is 0 Å². The van der Waals surface area contributed by atoms with Gasteiger partial charge in [0.15, 0.2) is 0 Å². The Balaban J connectivity index is 2.28. The number of Topliss-reactive ketones (excluding diaryl/α,β-unsaturated/α-hetero) is 1. The fourth-order valence-corrected chi connectivity index (χ4v) is 1.18. The van der Waals surface area contributed by atoms with Crippen LogP contribution in [0.25, 0.3) is 0 Å². The van der Waals surface area contributed by atoms with Gasteiger partial charge in [-0.1, -0.05) is 0 Å². The molecule has 0 saturated carbocycles. The van der Waals surface area contributed by atoms with Gasteiger partial charge in [0, 0.05) is 6.42 Å². The zero-order valence-electron chi connectivity index (χ0n) is 9.15. The average molecular weight is 226 g/mol. The van der Waals surface area contributed by atoms with Crippen molar-refractivity contribution >= 4 is 5.78 Å². The van der Waals surface area contributed by atoms with Gasteiger partial charge in [-0.15, -0.1) is 0 Å². The molecule has 0 heterocycles. The summed E-state index contributed by atoms with van der Waals surface area (Å²) in [6.45, 7) is 1.59. The van der Waals surface area contributed by atoms with Crippen LogP contribution < -0.4 is 4.74 Å². The van der Waals surface area contributed by atoms with Gasteiger partial charge >= 0.3 is 0 Å². The number of benzene rings is 1. The zero-order chi connectivity index (χ0) is 12.0. The first-order valence-electron chi connectivity index (χ1n) is 5.14. The van der Waals surface area contributed by atoms with E-state index in [0.29, 0.717) is 18.6 Å². The van der Waals surface area contributed by atoms with Crippen LogP contribution in [0, 0.1) is 5.82 Å². The van der Waals surface area contributed by atoms with Crippen molar-refractivity contribution in [2.45, 2.75) is 25.9 Å². The number of aliphatic hydroxyl groups is 1. The Morgan fingerprint density at radius 1 is 1.44 bits per heavy atom. The molecular weight excluding hydrogens is 211 g/mol. The Morgan fingerprint density at radius 2 is 2.06 bits per heavy atom. The maximum atomic E-state index is 12.6. The van der Waals surface area contributed by atoms with Gasteiger partial charge in [-0.3, -0.25) is 0 Å². The summed E-state index contributed by atoms with van der Waals surface area (Å²) in [4.78, 5) is 10.7. The fraction of sp³-hybridized carbons (Fsp3) is 0.417. The average Bonchev–Trinajstić information content (AvgIpc) is 2.25.